The van der Waals surface area contributed by atoms with Gasteiger partial charge in [0.2, 0.25) is 0 Å². The van der Waals surface area contributed by atoms with Gasteiger partial charge in [-0.25, -0.2) is 4.79 Å². The highest BCUT2D eigenvalue weighted by molar-refractivity contribution is 5.97. The summed E-state index contributed by atoms with van der Waals surface area (Å²) in [7, 11) is 0. The van der Waals surface area contributed by atoms with Gasteiger partial charge in [-0.05, 0) is 44.9 Å². The van der Waals surface area contributed by atoms with Crippen LogP contribution in [0.5, 0.6) is 0 Å². The Balaban J connectivity index is 1.34. The minimum absolute atomic E-state index is 0.0502. The molecule has 3 heterocycles. The molecule has 2 atom stereocenters. The molecule has 5 rings (SSSR count). The van der Waals surface area contributed by atoms with Gasteiger partial charge in [-0.1, -0.05) is 30.4 Å². The van der Waals surface area contributed by atoms with Crippen LogP contribution in [0, 0.1) is 10.1 Å². The van der Waals surface area contributed by atoms with Crippen molar-refractivity contribution in [3.8, 4) is 0 Å². The van der Waals surface area contributed by atoms with E-state index in [-0.39, 0.29) is 42.4 Å². The van der Waals surface area contributed by atoms with E-state index in [9.17, 15) is 19.7 Å². The third-order valence-corrected chi connectivity index (χ3v) is 7.17. The lowest BCUT2D eigenvalue weighted by Gasteiger charge is -2.40. The fourth-order valence-electron chi connectivity index (χ4n) is 5.35. The Morgan fingerprint density at radius 1 is 1.03 bits per heavy atom. The van der Waals surface area contributed by atoms with Crippen LogP contribution in [0.1, 0.15) is 42.6 Å². The average molecular weight is 477 g/mol. The van der Waals surface area contributed by atoms with Crippen LogP contribution in [-0.4, -0.2) is 53.0 Å². The van der Waals surface area contributed by atoms with E-state index in [2.05, 4.69) is 0 Å². The van der Waals surface area contributed by atoms with E-state index in [1.807, 2.05) is 55.2 Å². The SMILES string of the molecule is CC1C=CC(C)N1C(=O)c1ccc(N2CCC(N3C(=O)OCc4ccccc43)CC2)c([N+](=O)[O-])c1. The monoisotopic (exact) mass is 476 g/mol. The van der Waals surface area contributed by atoms with Gasteiger partial charge < -0.3 is 14.5 Å². The van der Waals surface area contributed by atoms with Gasteiger partial charge in [-0.2, -0.15) is 0 Å². The second-order valence-corrected chi connectivity index (χ2v) is 9.31. The molecule has 35 heavy (non-hydrogen) atoms. The summed E-state index contributed by atoms with van der Waals surface area (Å²) in [6, 6.07) is 12.3. The maximum Gasteiger partial charge on any atom is 0.414 e. The number of nitro benzene ring substituents is 1. The number of hydrogen-bond acceptors (Lipinski definition) is 6. The third kappa shape index (κ3) is 4.11. The van der Waals surface area contributed by atoms with Crippen LogP contribution < -0.4 is 9.80 Å². The average Bonchev–Trinajstić information content (AvgIpc) is 3.21. The van der Waals surface area contributed by atoms with Gasteiger partial charge in [0.1, 0.15) is 12.3 Å². The molecule has 2 aromatic carbocycles. The number of hydrogen-bond donors (Lipinski definition) is 0. The van der Waals surface area contributed by atoms with Crippen molar-refractivity contribution in [1.82, 2.24) is 4.90 Å². The van der Waals surface area contributed by atoms with E-state index in [4.69, 9.17) is 4.74 Å². The largest absolute Gasteiger partial charge is 0.444 e. The van der Waals surface area contributed by atoms with Crippen LogP contribution in [0.2, 0.25) is 0 Å². The smallest absolute Gasteiger partial charge is 0.414 e. The summed E-state index contributed by atoms with van der Waals surface area (Å²) in [5.74, 6) is -0.217. The van der Waals surface area contributed by atoms with Crippen molar-refractivity contribution in [3.05, 3.63) is 75.9 Å². The van der Waals surface area contributed by atoms with Gasteiger partial charge in [0, 0.05) is 48.4 Å². The molecule has 3 aliphatic rings. The number of benzene rings is 2. The first kappa shape index (κ1) is 22.9. The fourth-order valence-corrected chi connectivity index (χ4v) is 5.35. The van der Waals surface area contributed by atoms with Crippen molar-refractivity contribution in [1.29, 1.82) is 0 Å². The van der Waals surface area contributed by atoms with Gasteiger partial charge in [0.25, 0.3) is 11.6 Å². The van der Waals surface area contributed by atoms with Crippen LogP contribution in [0.4, 0.5) is 21.9 Å². The highest BCUT2D eigenvalue weighted by Gasteiger charge is 2.36. The molecule has 1 fully saturated rings. The molecule has 9 nitrogen and oxygen atoms in total. The molecule has 0 saturated carbocycles. The van der Waals surface area contributed by atoms with E-state index in [0.717, 1.165) is 11.3 Å². The van der Waals surface area contributed by atoms with Crippen molar-refractivity contribution in [2.75, 3.05) is 22.9 Å². The van der Waals surface area contributed by atoms with E-state index in [1.165, 1.54) is 6.07 Å². The molecule has 0 N–H and O–H groups in total. The maximum absolute atomic E-state index is 13.1. The molecule has 2 unspecified atom stereocenters. The number of rotatable bonds is 4. The summed E-state index contributed by atoms with van der Waals surface area (Å²) in [6.07, 6.45) is 4.87. The first-order chi connectivity index (χ1) is 16.8. The van der Waals surface area contributed by atoms with Crippen molar-refractivity contribution >= 4 is 29.1 Å². The standard InChI is InChI=1S/C26H28N4O5/c1-17-7-8-18(2)28(17)25(31)19-9-10-23(24(15-19)30(33)34)27-13-11-21(12-14-27)29-22-6-4-3-5-20(22)16-35-26(29)32/h3-10,15,17-18,21H,11-14,16H2,1-2H3. The van der Waals surface area contributed by atoms with Crippen LogP contribution >= 0.6 is 0 Å². The van der Waals surface area contributed by atoms with Gasteiger partial charge in [0.05, 0.1) is 10.6 Å². The van der Waals surface area contributed by atoms with Crippen molar-refractivity contribution in [2.45, 2.75) is 51.4 Å². The van der Waals surface area contributed by atoms with Crippen molar-refractivity contribution in [3.63, 3.8) is 0 Å². The Bertz CT molecular complexity index is 1190. The number of fused-ring (bicyclic) bond motifs is 1. The summed E-state index contributed by atoms with van der Waals surface area (Å²) >= 11 is 0. The minimum Gasteiger partial charge on any atom is -0.444 e. The number of cyclic esters (lactones) is 1. The zero-order chi connectivity index (χ0) is 24.7. The summed E-state index contributed by atoms with van der Waals surface area (Å²) in [5, 5.41) is 12.0. The molecule has 1 saturated heterocycles. The number of carbonyl (C=O) groups excluding carboxylic acids is 2. The van der Waals surface area contributed by atoms with Gasteiger partial charge in [0.15, 0.2) is 0 Å². The van der Waals surface area contributed by atoms with Crippen LogP contribution in [0.25, 0.3) is 0 Å². The van der Waals surface area contributed by atoms with Crippen LogP contribution in [0.3, 0.4) is 0 Å². The Morgan fingerprint density at radius 2 is 1.71 bits per heavy atom. The predicted molar refractivity (Wildman–Crippen MR) is 132 cm³/mol. The normalized spacial score (nSPS) is 22.2. The number of ether oxygens (including phenoxy) is 1. The first-order valence-corrected chi connectivity index (χ1v) is 11.9. The van der Waals surface area contributed by atoms with Gasteiger partial charge in [-0.15, -0.1) is 0 Å². The predicted octanol–water partition coefficient (Wildman–Crippen LogP) is 4.51. The lowest BCUT2D eigenvalue weighted by molar-refractivity contribution is -0.384. The molecule has 0 spiro atoms. The van der Waals surface area contributed by atoms with Crippen molar-refractivity contribution < 1.29 is 19.2 Å². The lowest BCUT2D eigenvalue weighted by Crippen LogP contribution is -2.49. The van der Waals surface area contributed by atoms with Gasteiger partial charge >= 0.3 is 6.09 Å². The topological polar surface area (TPSA) is 96.2 Å². The number of carbonyl (C=O) groups is 2. The number of piperidine rings is 1. The summed E-state index contributed by atoms with van der Waals surface area (Å²) in [6.45, 7) is 5.24. The number of nitro groups is 1. The summed E-state index contributed by atoms with van der Waals surface area (Å²) in [5.41, 5.74) is 2.57. The molecule has 0 radical (unpaired) electrons. The van der Waals surface area contributed by atoms with E-state index < -0.39 is 4.92 Å². The summed E-state index contributed by atoms with van der Waals surface area (Å²) < 4.78 is 5.37. The lowest BCUT2D eigenvalue weighted by atomic mass is 9.99. The molecule has 2 aromatic rings. The summed E-state index contributed by atoms with van der Waals surface area (Å²) in [4.78, 5) is 42.6. The molecular formula is C26H28N4O5. The second-order valence-electron chi connectivity index (χ2n) is 9.31. The number of anilines is 2. The molecule has 0 bridgehead atoms. The van der Waals surface area contributed by atoms with E-state index in [0.29, 0.717) is 37.2 Å². The minimum atomic E-state index is -0.425. The van der Waals surface area contributed by atoms with E-state index in [1.54, 1.807) is 21.9 Å². The zero-order valence-corrected chi connectivity index (χ0v) is 19.8. The Labute approximate surface area is 203 Å². The molecule has 0 aromatic heterocycles. The Hall–Kier alpha value is -3.88. The highest BCUT2D eigenvalue weighted by Crippen LogP contribution is 2.36. The highest BCUT2D eigenvalue weighted by atomic mass is 16.6. The second kappa shape index (κ2) is 9.05. The van der Waals surface area contributed by atoms with Crippen LogP contribution in [-0.2, 0) is 11.3 Å². The molecule has 0 aliphatic carbocycles. The fraction of sp³-hybridized carbons (Fsp3) is 0.385. The van der Waals surface area contributed by atoms with Crippen LogP contribution in [0.15, 0.2) is 54.6 Å². The molecule has 9 heteroatoms. The first-order valence-electron chi connectivity index (χ1n) is 11.9. The van der Waals surface area contributed by atoms with Crippen molar-refractivity contribution in [2.24, 2.45) is 0 Å². The number of amides is 2. The molecule has 2 amide bonds. The quantitative estimate of drug-likeness (QED) is 0.366. The van der Waals surface area contributed by atoms with E-state index >= 15 is 0 Å². The molecule has 182 valence electrons. The maximum atomic E-state index is 13.1. The third-order valence-electron chi connectivity index (χ3n) is 7.17. The number of para-hydroxylation sites is 1. The Kier molecular flexibility index (Phi) is 5.92. The molecule has 3 aliphatic heterocycles. The number of nitrogens with zero attached hydrogens (tertiary/aromatic N) is 4. The Morgan fingerprint density at radius 3 is 2.40 bits per heavy atom. The van der Waals surface area contributed by atoms with Gasteiger partial charge in [-0.3, -0.25) is 19.8 Å². The molecular weight excluding hydrogens is 448 g/mol. The zero-order valence-electron chi connectivity index (χ0n) is 19.8.